The summed E-state index contributed by atoms with van der Waals surface area (Å²) in [5.41, 5.74) is 0.940. The number of thiazole rings is 1. The summed E-state index contributed by atoms with van der Waals surface area (Å²) in [5.74, 6) is 2.63. The number of aromatic nitrogens is 1. The summed E-state index contributed by atoms with van der Waals surface area (Å²) in [6.45, 7) is 3.61. The summed E-state index contributed by atoms with van der Waals surface area (Å²) in [4.78, 5) is 16.9. The van der Waals surface area contributed by atoms with Gasteiger partial charge in [-0.25, -0.2) is 4.98 Å². The zero-order valence-corrected chi connectivity index (χ0v) is 10.6. The Morgan fingerprint density at radius 3 is 2.69 bits per heavy atom. The molecular formula is C13H17NOS. The van der Waals surface area contributed by atoms with Crippen molar-refractivity contribution in [1.29, 1.82) is 0 Å². The predicted octanol–water partition coefficient (Wildman–Crippen LogP) is 3.56. The standard InChI is InChI=1S/C13H17NOS/c1-7-12(8(2)15)16-13(14-7)11-6-9-3-4-10(11)5-9/h9-11H,3-6H2,1-2H3. The van der Waals surface area contributed by atoms with Gasteiger partial charge in [-0.2, -0.15) is 0 Å². The number of nitrogens with zero attached hydrogens (tertiary/aromatic N) is 1. The fraction of sp³-hybridized carbons (Fsp3) is 0.692. The van der Waals surface area contributed by atoms with Crippen LogP contribution in [0.5, 0.6) is 0 Å². The molecule has 1 aromatic heterocycles. The molecule has 0 aromatic carbocycles. The van der Waals surface area contributed by atoms with Crippen molar-refractivity contribution in [2.75, 3.05) is 0 Å². The van der Waals surface area contributed by atoms with Crippen LogP contribution in [0.2, 0.25) is 0 Å². The van der Waals surface area contributed by atoms with Crippen LogP contribution in [0, 0.1) is 18.8 Å². The largest absolute Gasteiger partial charge is 0.294 e. The molecule has 2 saturated carbocycles. The van der Waals surface area contributed by atoms with Crippen molar-refractivity contribution >= 4 is 17.1 Å². The van der Waals surface area contributed by atoms with Gasteiger partial charge in [-0.15, -0.1) is 11.3 Å². The minimum Gasteiger partial charge on any atom is -0.294 e. The van der Waals surface area contributed by atoms with Gasteiger partial charge in [-0.1, -0.05) is 6.42 Å². The molecule has 1 heterocycles. The first-order valence-electron chi connectivity index (χ1n) is 6.13. The number of fused-ring (bicyclic) bond motifs is 2. The van der Waals surface area contributed by atoms with Gasteiger partial charge >= 0.3 is 0 Å². The lowest BCUT2D eigenvalue weighted by molar-refractivity contribution is 0.102. The van der Waals surface area contributed by atoms with Gasteiger partial charge in [0, 0.05) is 12.8 Å². The SMILES string of the molecule is CC(=O)c1sc(C2CC3CCC2C3)nc1C. The number of ketones is 1. The predicted molar refractivity (Wildman–Crippen MR) is 65.0 cm³/mol. The maximum Gasteiger partial charge on any atom is 0.171 e. The summed E-state index contributed by atoms with van der Waals surface area (Å²) in [5, 5.41) is 1.23. The van der Waals surface area contributed by atoms with Gasteiger partial charge in [-0.05, 0) is 38.0 Å². The highest BCUT2D eigenvalue weighted by atomic mass is 32.1. The van der Waals surface area contributed by atoms with E-state index in [1.165, 1.54) is 30.7 Å². The van der Waals surface area contributed by atoms with Crippen molar-refractivity contribution in [3.05, 3.63) is 15.6 Å². The van der Waals surface area contributed by atoms with Gasteiger partial charge in [0.15, 0.2) is 5.78 Å². The van der Waals surface area contributed by atoms with Gasteiger partial charge in [0.05, 0.1) is 15.6 Å². The summed E-state index contributed by atoms with van der Waals surface area (Å²) in [7, 11) is 0. The van der Waals surface area contributed by atoms with Crippen LogP contribution in [-0.2, 0) is 0 Å². The van der Waals surface area contributed by atoms with Crippen molar-refractivity contribution in [2.45, 2.75) is 45.4 Å². The molecule has 3 unspecified atom stereocenters. The zero-order valence-electron chi connectivity index (χ0n) is 9.82. The van der Waals surface area contributed by atoms with Gasteiger partial charge < -0.3 is 0 Å². The van der Waals surface area contributed by atoms with E-state index in [1.807, 2.05) is 6.92 Å². The minimum absolute atomic E-state index is 0.171. The Kier molecular flexibility index (Phi) is 2.39. The average Bonchev–Trinajstić information content (AvgIpc) is 2.89. The van der Waals surface area contributed by atoms with E-state index in [1.54, 1.807) is 18.3 Å². The normalized spacial score (nSPS) is 32.2. The second-order valence-corrected chi connectivity index (χ2v) is 6.33. The second kappa shape index (κ2) is 3.66. The smallest absolute Gasteiger partial charge is 0.171 e. The molecule has 86 valence electrons. The lowest BCUT2D eigenvalue weighted by atomic mass is 9.89. The lowest BCUT2D eigenvalue weighted by Crippen LogP contribution is -2.07. The summed E-state index contributed by atoms with van der Waals surface area (Å²) < 4.78 is 0. The fourth-order valence-corrected chi connectivity index (χ4v) is 4.62. The van der Waals surface area contributed by atoms with Crippen LogP contribution in [0.15, 0.2) is 0 Å². The van der Waals surface area contributed by atoms with Gasteiger partial charge in [0.1, 0.15) is 0 Å². The third-order valence-corrected chi connectivity index (χ3v) is 5.58. The Morgan fingerprint density at radius 1 is 1.38 bits per heavy atom. The molecule has 2 bridgehead atoms. The van der Waals surface area contributed by atoms with E-state index < -0.39 is 0 Å². The monoisotopic (exact) mass is 235 g/mol. The number of rotatable bonds is 2. The molecule has 16 heavy (non-hydrogen) atoms. The number of hydrogen-bond donors (Lipinski definition) is 0. The number of aryl methyl sites for hydroxylation is 1. The van der Waals surface area contributed by atoms with Crippen LogP contribution in [0.4, 0.5) is 0 Å². The Balaban J connectivity index is 1.90. The van der Waals surface area contributed by atoms with E-state index >= 15 is 0 Å². The molecule has 3 heteroatoms. The number of hydrogen-bond acceptors (Lipinski definition) is 3. The molecule has 2 fully saturated rings. The van der Waals surface area contributed by atoms with Crippen LogP contribution in [-0.4, -0.2) is 10.8 Å². The molecular weight excluding hydrogens is 218 g/mol. The highest BCUT2D eigenvalue weighted by Crippen LogP contribution is 2.53. The van der Waals surface area contributed by atoms with E-state index in [0.717, 1.165) is 22.4 Å². The van der Waals surface area contributed by atoms with E-state index in [0.29, 0.717) is 5.92 Å². The Morgan fingerprint density at radius 2 is 2.19 bits per heavy atom. The van der Waals surface area contributed by atoms with Crippen molar-refractivity contribution in [1.82, 2.24) is 4.98 Å². The highest BCUT2D eigenvalue weighted by molar-refractivity contribution is 7.13. The molecule has 0 saturated heterocycles. The van der Waals surface area contributed by atoms with Gasteiger partial charge in [0.25, 0.3) is 0 Å². The zero-order chi connectivity index (χ0) is 11.3. The quantitative estimate of drug-likeness (QED) is 0.734. The fourth-order valence-electron chi connectivity index (χ4n) is 3.45. The molecule has 1 aromatic rings. The number of Topliss-reactive ketones (excluding diaryl/α,β-unsaturated/α-hetero) is 1. The first-order valence-corrected chi connectivity index (χ1v) is 6.95. The molecule has 0 amide bonds. The topological polar surface area (TPSA) is 30.0 Å². The first-order chi connectivity index (χ1) is 7.65. The van der Waals surface area contributed by atoms with Crippen LogP contribution in [0.25, 0.3) is 0 Å². The van der Waals surface area contributed by atoms with Crippen LogP contribution >= 0.6 is 11.3 Å². The highest BCUT2D eigenvalue weighted by Gasteiger charge is 2.41. The van der Waals surface area contributed by atoms with Crippen LogP contribution in [0.3, 0.4) is 0 Å². The van der Waals surface area contributed by atoms with E-state index in [4.69, 9.17) is 0 Å². The van der Waals surface area contributed by atoms with Gasteiger partial charge in [0.2, 0.25) is 0 Å². The lowest BCUT2D eigenvalue weighted by Gasteiger charge is -2.18. The molecule has 2 aliphatic rings. The Labute approximate surface area is 100 Å². The molecule has 3 rings (SSSR count). The summed E-state index contributed by atoms with van der Waals surface area (Å²) >= 11 is 1.64. The van der Waals surface area contributed by atoms with Crippen molar-refractivity contribution in [2.24, 2.45) is 11.8 Å². The van der Waals surface area contributed by atoms with E-state index in [2.05, 4.69) is 4.98 Å². The van der Waals surface area contributed by atoms with Gasteiger partial charge in [-0.3, -0.25) is 4.79 Å². The van der Waals surface area contributed by atoms with Crippen LogP contribution < -0.4 is 0 Å². The van der Waals surface area contributed by atoms with Crippen molar-refractivity contribution < 1.29 is 4.79 Å². The number of carbonyl (C=O) groups excluding carboxylic acids is 1. The third kappa shape index (κ3) is 1.53. The molecule has 0 radical (unpaired) electrons. The van der Waals surface area contributed by atoms with Crippen molar-refractivity contribution in [3.8, 4) is 0 Å². The molecule has 2 aliphatic carbocycles. The van der Waals surface area contributed by atoms with E-state index in [9.17, 15) is 4.79 Å². The summed E-state index contributed by atoms with van der Waals surface area (Å²) in [6.07, 6.45) is 5.52. The number of carbonyl (C=O) groups is 1. The maximum absolute atomic E-state index is 11.4. The molecule has 0 aliphatic heterocycles. The molecule has 3 atom stereocenters. The molecule has 0 N–H and O–H groups in total. The maximum atomic E-state index is 11.4. The summed E-state index contributed by atoms with van der Waals surface area (Å²) in [6, 6.07) is 0. The van der Waals surface area contributed by atoms with Crippen molar-refractivity contribution in [3.63, 3.8) is 0 Å². The third-order valence-electron chi connectivity index (χ3n) is 4.19. The first kappa shape index (κ1) is 10.5. The minimum atomic E-state index is 0.171. The molecule has 2 nitrogen and oxygen atoms in total. The van der Waals surface area contributed by atoms with E-state index in [-0.39, 0.29) is 5.78 Å². The Bertz CT molecular complexity index is 437. The average molecular weight is 235 g/mol. The second-order valence-electron chi connectivity index (χ2n) is 5.30. The molecule has 0 spiro atoms. The Hall–Kier alpha value is -0.700. The van der Waals surface area contributed by atoms with Crippen LogP contribution in [0.1, 0.15) is 58.9 Å².